The molecule has 1 aliphatic rings. The number of nitrogens with zero attached hydrogens (tertiary/aromatic N) is 2. The molecule has 1 fully saturated rings. The lowest BCUT2D eigenvalue weighted by atomic mass is 9.96. The molecule has 0 radical (unpaired) electrons. The first-order valence-corrected chi connectivity index (χ1v) is 10.7. The Kier molecular flexibility index (Phi) is 6.13. The number of carbonyl (C=O) groups is 2. The summed E-state index contributed by atoms with van der Waals surface area (Å²) in [4.78, 5) is 35.3. The highest BCUT2D eigenvalue weighted by Crippen LogP contribution is 2.34. The Balaban J connectivity index is 1.59. The molecule has 1 saturated carbocycles. The maximum absolute atomic E-state index is 12.1. The lowest BCUT2D eigenvalue weighted by molar-refractivity contribution is -0.117. The van der Waals surface area contributed by atoms with Crippen LogP contribution in [-0.2, 0) is 4.79 Å². The zero-order valence-corrected chi connectivity index (χ0v) is 17.0. The van der Waals surface area contributed by atoms with Crippen LogP contribution in [-0.4, -0.2) is 33.7 Å². The molecule has 0 bridgehead atoms. The summed E-state index contributed by atoms with van der Waals surface area (Å²) in [5.74, 6) is 0.534. The van der Waals surface area contributed by atoms with Gasteiger partial charge in [0.25, 0.3) is 0 Å². The number of aryl methyl sites for hydroxylation is 3. The van der Waals surface area contributed by atoms with Gasteiger partial charge in [0.05, 0.1) is 5.75 Å². The summed E-state index contributed by atoms with van der Waals surface area (Å²) in [6.45, 7) is 5.97. The minimum absolute atomic E-state index is 0.151. The number of hydrogen-bond acceptors (Lipinski definition) is 6. The van der Waals surface area contributed by atoms with Gasteiger partial charge in [-0.1, -0.05) is 31.0 Å². The first kappa shape index (κ1) is 19.1. The summed E-state index contributed by atoms with van der Waals surface area (Å²) in [5, 5.41) is 7.14. The molecule has 0 saturated heterocycles. The molecule has 26 heavy (non-hydrogen) atoms. The Morgan fingerprint density at radius 1 is 1.15 bits per heavy atom. The minimum atomic E-state index is -0.394. The Labute approximate surface area is 161 Å². The van der Waals surface area contributed by atoms with Gasteiger partial charge in [0.2, 0.25) is 5.91 Å². The molecule has 3 rings (SSSR count). The van der Waals surface area contributed by atoms with Gasteiger partial charge in [0.15, 0.2) is 0 Å². The largest absolute Gasteiger partial charge is 0.335 e. The lowest BCUT2D eigenvalue weighted by Gasteiger charge is -2.22. The molecule has 0 unspecified atom stereocenters. The van der Waals surface area contributed by atoms with Gasteiger partial charge < -0.3 is 5.32 Å². The molecule has 2 N–H and O–H groups in total. The van der Waals surface area contributed by atoms with Crippen molar-refractivity contribution in [3.63, 3.8) is 0 Å². The molecular formula is C18H24N4O2S2. The van der Waals surface area contributed by atoms with Crippen LogP contribution in [0.4, 0.5) is 4.79 Å². The van der Waals surface area contributed by atoms with E-state index in [1.54, 1.807) is 11.3 Å². The Morgan fingerprint density at radius 2 is 1.88 bits per heavy atom. The van der Waals surface area contributed by atoms with Crippen LogP contribution in [0.5, 0.6) is 0 Å². The average molecular weight is 393 g/mol. The Hall–Kier alpha value is -1.67. The van der Waals surface area contributed by atoms with Gasteiger partial charge in [-0.2, -0.15) is 0 Å². The maximum Gasteiger partial charge on any atom is 0.321 e. The smallest absolute Gasteiger partial charge is 0.321 e. The van der Waals surface area contributed by atoms with Gasteiger partial charge in [0, 0.05) is 16.3 Å². The molecule has 0 spiro atoms. The number of urea groups is 1. The van der Waals surface area contributed by atoms with E-state index < -0.39 is 6.03 Å². The van der Waals surface area contributed by atoms with E-state index in [0.717, 1.165) is 46.5 Å². The zero-order valence-electron chi connectivity index (χ0n) is 15.3. The van der Waals surface area contributed by atoms with Crippen molar-refractivity contribution in [2.75, 3.05) is 5.75 Å². The molecule has 2 aromatic rings. The second-order valence-electron chi connectivity index (χ2n) is 6.68. The fourth-order valence-corrected chi connectivity index (χ4v) is 5.25. The van der Waals surface area contributed by atoms with Crippen molar-refractivity contribution in [2.45, 2.75) is 63.9 Å². The van der Waals surface area contributed by atoms with E-state index in [-0.39, 0.29) is 17.7 Å². The SMILES string of the molecule is Cc1nc(SCC(=O)NC(=O)NC2CCCCC2)c2c(C)c(C)sc2n1. The predicted octanol–water partition coefficient (Wildman–Crippen LogP) is 3.87. The zero-order chi connectivity index (χ0) is 18.7. The number of imide groups is 1. The molecule has 0 atom stereocenters. The number of carbonyl (C=O) groups excluding carboxylic acids is 2. The van der Waals surface area contributed by atoms with E-state index in [2.05, 4.69) is 34.4 Å². The van der Waals surface area contributed by atoms with Crippen LogP contribution < -0.4 is 10.6 Å². The van der Waals surface area contributed by atoms with Crippen LogP contribution >= 0.6 is 23.1 Å². The fraction of sp³-hybridized carbons (Fsp3) is 0.556. The van der Waals surface area contributed by atoms with Gasteiger partial charge in [-0.3, -0.25) is 10.1 Å². The summed E-state index contributed by atoms with van der Waals surface area (Å²) in [6.07, 6.45) is 5.48. The van der Waals surface area contributed by atoms with Crippen LogP contribution in [0.15, 0.2) is 5.03 Å². The number of rotatable bonds is 4. The third-order valence-corrected chi connectivity index (χ3v) is 6.72. The van der Waals surface area contributed by atoms with Gasteiger partial charge >= 0.3 is 6.03 Å². The number of thiophene rings is 1. The van der Waals surface area contributed by atoms with E-state index >= 15 is 0 Å². The number of thioether (sulfide) groups is 1. The molecule has 3 amide bonds. The van der Waals surface area contributed by atoms with E-state index in [9.17, 15) is 9.59 Å². The molecule has 0 aromatic carbocycles. The number of aromatic nitrogens is 2. The number of amides is 3. The first-order chi connectivity index (χ1) is 12.4. The molecule has 6 nitrogen and oxygen atoms in total. The van der Waals surface area contributed by atoms with E-state index in [4.69, 9.17) is 0 Å². The predicted molar refractivity (Wildman–Crippen MR) is 106 cm³/mol. The van der Waals surface area contributed by atoms with Gasteiger partial charge in [-0.25, -0.2) is 14.8 Å². The topological polar surface area (TPSA) is 84.0 Å². The Bertz CT molecular complexity index is 828. The van der Waals surface area contributed by atoms with Crippen molar-refractivity contribution in [1.82, 2.24) is 20.6 Å². The van der Waals surface area contributed by atoms with Gasteiger partial charge in [-0.05, 0) is 39.2 Å². The normalized spacial score (nSPS) is 15.2. The van der Waals surface area contributed by atoms with E-state index in [1.165, 1.54) is 23.1 Å². The maximum atomic E-state index is 12.1. The molecule has 8 heteroatoms. The Morgan fingerprint density at radius 3 is 2.62 bits per heavy atom. The summed E-state index contributed by atoms with van der Waals surface area (Å²) in [7, 11) is 0. The van der Waals surface area contributed by atoms with E-state index in [0.29, 0.717) is 5.82 Å². The molecule has 140 valence electrons. The molecule has 0 aliphatic heterocycles. The second-order valence-corrected chi connectivity index (χ2v) is 8.85. The molecule has 2 heterocycles. The highest BCUT2D eigenvalue weighted by atomic mass is 32.2. The highest BCUT2D eigenvalue weighted by molar-refractivity contribution is 8.00. The van der Waals surface area contributed by atoms with Crippen molar-refractivity contribution in [2.24, 2.45) is 0 Å². The van der Waals surface area contributed by atoms with Crippen molar-refractivity contribution in [3.8, 4) is 0 Å². The fourth-order valence-electron chi connectivity index (χ4n) is 3.18. The third-order valence-electron chi connectivity index (χ3n) is 4.64. The molecular weight excluding hydrogens is 368 g/mol. The summed E-state index contributed by atoms with van der Waals surface area (Å²) in [6, 6.07) is -0.209. The summed E-state index contributed by atoms with van der Waals surface area (Å²) < 4.78 is 0. The number of hydrogen-bond donors (Lipinski definition) is 2. The van der Waals surface area contributed by atoms with Crippen LogP contribution in [0.25, 0.3) is 10.2 Å². The second kappa shape index (κ2) is 8.35. The molecule has 2 aromatic heterocycles. The van der Waals surface area contributed by atoms with Crippen LogP contribution in [0.2, 0.25) is 0 Å². The number of fused-ring (bicyclic) bond motifs is 1. The van der Waals surface area contributed by atoms with Gasteiger partial charge in [0.1, 0.15) is 15.7 Å². The van der Waals surface area contributed by atoms with Gasteiger partial charge in [-0.15, -0.1) is 11.3 Å². The minimum Gasteiger partial charge on any atom is -0.335 e. The lowest BCUT2D eigenvalue weighted by Crippen LogP contribution is -2.45. The number of nitrogens with one attached hydrogen (secondary N) is 2. The molecule has 1 aliphatic carbocycles. The quantitative estimate of drug-likeness (QED) is 0.610. The van der Waals surface area contributed by atoms with E-state index in [1.807, 2.05) is 6.92 Å². The van der Waals surface area contributed by atoms with Crippen LogP contribution in [0, 0.1) is 20.8 Å². The summed E-state index contributed by atoms with van der Waals surface area (Å²) >= 11 is 2.99. The summed E-state index contributed by atoms with van der Waals surface area (Å²) in [5.41, 5.74) is 1.16. The average Bonchev–Trinajstić information content (AvgIpc) is 2.87. The van der Waals surface area contributed by atoms with Crippen molar-refractivity contribution >= 4 is 45.3 Å². The van der Waals surface area contributed by atoms with Crippen molar-refractivity contribution < 1.29 is 9.59 Å². The highest BCUT2D eigenvalue weighted by Gasteiger charge is 2.18. The third kappa shape index (κ3) is 4.54. The van der Waals surface area contributed by atoms with Crippen LogP contribution in [0.1, 0.15) is 48.4 Å². The first-order valence-electron chi connectivity index (χ1n) is 8.91. The van der Waals surface area contributed by atoms with Crippen molar-refractivity contribution in [1.29, 1.82) is 0 Å². The van der Waals surface area contributed by atoms with Crippen molar-refractivity contribution in [3.05, 3.63) is 16.3 Å². The van der Waals surface area contributed by atoms with Crippen LogP contribution in [0.3, 0.4) is 0 Å². The monoisotopic (exact) mass is 392 g/mol. The standard InChI is InChI=1S/C18H24N4O2S2/c1-10-11(2)26-17-15(10)16(19-12(3)20-17)25-9-14(23)22-18(24)21-13-7-5-4-6-8-13/h13H,4-9H2,1-3H3,(H2,21,22,23,24).